The van der Waals surface area contributed by atoms with E-state index in [9.17, 15) is 4.79 Å². The van der Waals surface area contributed by atoms with Gasteiger partial charge in [-0.15, -0.1) is 0 Å². The quantitative estimate of drug-likeness (QED) is 0.404. The van der Waals surface area contributed by atoms with Gasteiger partial charge in [-0.2, -0.15) is 4.98 Å². The Morgan fingerprint density at radius 3 is 2.56 bits per heavy atom. The van der Waals surface area contributed by atoms with E-state index in [1.165, 1.54) is 0 Å². The zero-order valence-electron chi connectivity index (χ0n) is 18.8. The predicted octanol–water partition coefficient (Wildman–Crippen LogP) is 5.38. The van der Waals surface area contributed by atoms with Gasteiger partial charge in [0.05, 0.1) is 18.2 Å². The van der Waals surface area contributed by atoms with Gasteiger partial charge < -0.3 is 14.6 Å². The molecule has 1 aliphatic heterocycles. The maximum Gasteiger partial charge on any atom is 0.241 e. The van der Waals surface area contributed by atoms with E-state index < -0.39 is 0 Å². The van der Waals surface area contributed by atoms with Gasteiger partial charge in [0.25, 0.3) is 0 Å². The molecule has 172 valence electrons. The summed E-state index contributed by atoms with van der Waals surface area (Å²) in [7, 11) is 0. The highest BCUT2D eigenvalue weighted by molar-refractivity contribution is 5.94. The first-order valence-corrected chi connectivity index (χ1v) is 11.5. The maximum absolute atomic E-state index is 13.1. The molecular formula is C27H26N4O3. The fourth-order valence-electron chi connectivity index (χ4n) is 4.14. The molecular weight excluding hydrogens is 428 g/mol. The molecule has 5 rings (SSSR count). The first kappa shape index (κ1) is 21.9. The number of ether oxygens (including phenoxy) is 1. The molecule has 7 nitrogen and oxygen atoms in total. The number of amides is 1. The predicted molar refractivity (Wildman–Crippen MR) is 129 cm³/mol. The summed E-state index contributed by atoms with van der Waals surface area (Å²) in [5.74, 6) is 2.34. The van der Waals surface area contributed by atoms with E-state index in [0.29, 0.717) is 36.2 Å². The minimum atomic E-state index is -0.130. The normalized spacial score (nSPS) is 16.2. The standard InChI is InChI=1S/C27H26N4O3/c32-27(28-23-15-7-8-16-24(23)33-22-13-5-2-6-14-22)21-12-9-17-31(18-21)19-25-29-26(30-34-25)20-10-3-1-4-11-20/h1-8,10-11,13-16,21H,9,12,17-19H2,(H,28,32). The summed E-state index contributed by atoms with van der Waals surface area (Å²) in [5, 5.41) is 7.17. The largest absolute Gasteiger partial charge is 0.455 e. The zero-order chi connectivity index (χ0) is 23.2. The molecule has 2 heterocycles. The number of carbonyl (C=O) groups is 1. The van der Waals surface area contributed by atoms with E-state index in [1.54, 1.807) is 0 Å². The summed E-state index contributed by atoms with van der Waals surface area (Å²) in [6.07, 6.45) is 1.77. The van der Waals surface area contributed by atoms with Gasteiger partial charge in [-0.3, -0.25) is 9.69 Å². The molecule has 1 atom stereocenters. The number of carbonyl (C=O) groups excluding carboxylic acids is 1. The van der Waals surface area contributed by atoms with Gasteiger partial charge in [-0.05, 0) is 43.7 Å². The van der Waals surface area contributed by atoms with Crippen molar-refractivity contribution in [3.05, 3.63) is 90.8 Å². The Balaban J connectivity index is 1.21. The fourth-order valence-corrected chi connectivity index (χ4v) is 4.14. The molecule has 0 bridgehead atoms. The lowest BCUT2D eigenvalue weighted by atomic mass is 9.97. The highest BCUT2D eigenvalue weighted by Crippen LogP contribution is 2.30. The molecule has 7 heteroatoms. The van der Waals surface area contributed by atoms with Crippen LogP contribution in [0.4, 0.5) is 5.69 Å². The van der Waals surface area contributed by atoms with E-state index >= 15 is 0 Å². The van der Waals surface area contributed by atoms with Gasteiger partial charge in [0.15, 0.2) is 5.75 Å². The van der Waals surface area contributed by atoms with Crippen LogP contribution in [-0.2, 0) is 11.3 Å². The SMILES string of the molecule is O=C(Nc1ccccc1Oc1ccccc1)C1CCCN(Cc2nc(-c3ccccc3)no2)C1. The summed E-state index contributed by atoms with van der Waals surface area (Å²) in [4.78, 5) is 19.8. The molecule has 0 spiro atoms. The first-order valence-electron chi connectivity index (χ1n) is 11.5. The van der Waals surface area contributed by atoms with Crippen molar-refractivity contribution in [2.24, 2.45) is 5.92 Å². The number of para-hydroxylation sites is 3. The van der Waals surface area contributed by atoms with Gasteiger partial charge in [0, 0.05) is 12.1 Å². The average molecular weight is 455 g/mol. The lowest BCUT2D eigenvalue weighted by molar-refractivity contribution is -0.121. The molecule has 0 aliphatic carbocycles. The van der Waals surface area contributed by atoms with Crippen molar-refractivity contribution in [2.75, 3.05) is 18.4 Å². The van der Waals surface area contributed by atoms with Crippen LogP contribution in [0.15, 0.2) is 89.5 Å². The number of hydrogen-bond acceptors (Lipinski definition) is 6. The van der Waals surface area contributed by atoms with Crippen LogP contribution in [0.2, 0.25) is 0 Å². The van der Waals surface area contributed by atoms with Crippen LogP contribution in [0.25, 0.3) is 11.4 Å². The first-order chi connectivity index (χ1) is 16.7. The molecule has 0 radical (unpaired) electrons. The van der Waals surface area contributed by atoms with Crippen molar-refractivity contribution in [2.45, 2.75) is 19.4 Å². The summed E-state index contributed by atoms with van der Waals surface area (Å²) in [6, 6.07) is 26.8. The molecule has 1 aromatic heterocycles. The molecule has 1 saturated heterocycles. The van der Waals surface area contributed by atoms with Crippen molar-refractivity contribution in [3.8, 4) is 22.9 Å². The lowest BCUT2D eigenvalue weighted by Gasteiger charge is -2.31. The number of nitrogens with zero attached hydrogens (tertiary/aromatic N) is 3. The number of hydrogen-bond donors (Lipinski definition) is 1. The van der Waals surface area contributed by atoms with Crippen molar-refractivity contribution in [3.63, 3.8) is 0 Å². The van der Waals surface area contributed by atoms with E-state index in [0.717, 1.165) is 30.7 Å². The molecule has 1 unspecified atom stereocenters. The number of likely N-dealkylation sites (tertiary alicyclic amines) is 1. The number of nitrogens with one attached hydrogen (secondary N) is 1. The van der Waals surface area contributed by atoms with Crippen LogP contribution in [0.3, 0.4) is 0 Å². The Kier molecular flexibility index (Phi) is 6.63. The lowest BCUT2D eigenvalue weighted by Crippen LogP contribution is -2.40. The zero-order valence-corrected chi connectivity index (χ0v) is 18.8. The second-order valence-corrected chi connectivity index (χ2v) is 8.35. The molecule has 3 aromatic carbocycles. The van der Waals surface area contributed by atoms with Gasteiger partial charge in [-0.1, -0.05) is 65.8 Å². The minimum absolute atomic E-state index is 0.00989. The third-order valence-corrected chi connectivity index (χ3v) is 5.85. The third-order valence-electron chi connectivity index (χ3n) is 5.85. The second-order valence-electron chi connectivity index (χ2n) is 8.35. The second kappa shape index (κ2) is 10.3. The summed E-state index contributed by atoms with van der Waals surface area (Å²) in [5.41, 5.74) is 1.59. The highest BCUT2D eigenvalue weighted by Gasteiger charge is 2.27. The number of benzene rings is 3. The Bertz CT molecular complexity index is 1230. The smallest absolute Gasteiger partial charge is 0.241 e. The molecule has 34 heavy (non-hydrogen) atoms. The minimum Gasteiger partial charge on any atom is -0.455 e. The van der Waals surface area contributed by atoms with Crippen LogP contribution >= 0.6 is 0 Å². The average Bonchev–Trinajstić information content (AvgIpc) is 3.35. The van der Waals surface area contributed by atoms with E-state index in [-0.39, 0.29) is 11.8 Å². The van der Waals surface area contributed by atoms with Crippen molar-refractivity contribution in [1.29, 1.82) is 0 Å². The summed E-state index contributed by atoms with van der Waals surface area (Å²) < 4.78 is 11.4. The molecule has 1 aliphatic rings. The highest BCUT2D eigenvalue weighted by atomic mass is 16.5. The Morgan fingerprint density at radius 1 is 1.00 bits per heavy atom. The Labute approximate surface area is 198 Å². The molecule has 1 amide bonds. The molecule has 0 saturated carbocycles. The number of rotatable bonds is 7. The van der Waals surface area contributed by atoms with Gasteiger partial charge in [0.1, 0.15) is 5.75 Å². The number of aromatic nitrogens is 2. The number of piperidine rings is 1. The maximum atomic E-state index is 13.1. The van der Waals surface area contributed by atoms with Crippen molar-refractivity contribution < 1.29 is 14.1 Å². The van der Waals surface area contributed by atoms with Gasteiger partial charge >= 0.3 is 0 Å². The van der Waals surface area contributed by atoms with Crippen LogP contribution in [-0.4, -0.2) is 34.0 Å². The summed E-state index contributed by atoms with van der Waals surface area (Å²) >= 11 is 0. The van der Waals surface area contributed by atoms with Crippen molar-refractivity contribution >= 4 is 11.6 Å². The van der Waals surface area contributed by atoms with E-state index in [2.05, 4.69) is 20.4 Å². The van der Waals surface area contributed by atoms with Crippen LogP contribution in [0, 0.1) is 5.92 Å². The van der Waals surface area contributed by atoms with E-state index in [4.69, 9.17) is 9.26 Å². The fraction of sp³-hybridized carbons (Fsp3) is 0.222. The number of anilines is 1. The Hall–Kier alpha value is -3.97. The van der Waals surface area contributed by atoms with Gasteiger partial charge in [-0.25, -0.2) is 0 Å². The molecule has 1 fully saturated rings. The topological polar surface area (TPSA) is 80.5 Å². The molecule has 1 N–H and O–H groups in total. The monoisotopic (exact) mass is 454 g/mol. The van der Waals surface area contributed by atoms with E-state index in [1.807, 2.05) is 84.9 Å². The van der Waals surface area contributed by atoms with Crippen LogP contribution < -0.4 is 10.1 Å². The van der Waals surface area contributed by atoms with Crippen molar-refractivity contribution in [1.82, 2.24) is 15.0 Å². The third kappa shape index (κ3) is 5.32. The van der Waals surface area contributed by atoms with Crippen LogP contribution in [0.1, 0.15) is 18.7 Å². The molecule has 4 aromatic rings. The Morgan fingerprint density at radius 2 is 1.74 bits per heavy atom. The van der Waals surface area contributed by atoms with Gasteiger partial charge in [0.2, 0.25) is 17.6 Å². The summed E-state index contributed by atoms with van der Waals surface area (Å²) in [6.45, 7) is 2.05. The van der Waals surface area contributed by atoms with Crippen LogP contribution in [0.5, 0.6) is 11.5 Å².